The van der Waals surface area contributed by atoms with Gasteiger partial charge in [-0.25, -0.2) is 9.36 Å². The minimum atomic E-state index is -4.10. The van der Waals surface area contributed by atoms with Crippen LogP contribution in [0.25, 0.3) is 11.4 Å². The van der Waals surface area contributed by atoms with E-state index in [0.717, 1.165) is 49.5 Å². The monoisotopic (exact) mass is 730 g/mol. The Kier molecular flexibility index (Phi) is 13.5. The number of aryl methyl sites for hydroxylation is 1. The summed E-state index contributed by atoms with van der Waals surface area (Å²) in [7, 11) is 4.18. The van der Waals surface area contributed by atoms with Crippen molar-refractivity contribution < 1.29 is 27.0 Å². The van der Waals surface area contributed by atoms with Crippen LogP contribution < -0.4 is 9.47 Å². The topological polar surface area (TPSA) is 112 Å². The fraction of sp³-hybridized carbons (Fsp3) is 0.611. The first kappa shape index (κ1) is 39.0. The molecule has 2 aliphatic heterocycles. The average molecular weight is 731 g/mol. The van der Waals surface area contributed by atoms with Gasteiger partial charge in [-0.05, 0) is 78.6 Å². The first-order valence-corrected chi connectivity index (χ1v) is 17.9. The second-order valence-electron chi connectivity index (χ2n) is 14.3. The molecule has 0 radical (unpaired) electrons. The number of likely N-dealkylation sites (N-methyl/N-ethyl adjacent to an activating group) is 2. The molecular weight excluding hydrogens is 680 g/mol. The van der Waals surface area contributed by atoms with Gasteiger partial charge in [0.25, 0.3) is 0 Å². The summed E-state index contributed by atoms with van der Waals surface area (Å²) in [6, 6.07) is 4.68. The summed E-state index contributed by atoms with van der Waals surface area (Å²) in [5.41, 5.74) is 2.96. The molecule has 0 aliphatic carbocycles. The molecule has 2 saturated heterocycles. The number of likely N-dealkylation sites (tertiary alicyclic amines) is 2. The van der Waals surface area contributed by atoms with Crippen molar-refractivity contribution in [3.05, 3.63) is 60.7 Å². The maximum absolute atomic E-state index is 12.3. The molecule has 0 bridgehead atoms. The molecule has 284 valence electrons. The third-order valence-corrected chi connectivity index (χ3v) is 9.74. The Labute approximate surface area is 302 Å². The normalized spacial score (nSPS) is 17.9. The van der Waals surface area contributed by atoms with Crippen molar-refractivity contribution in [2.24, 2.45) is 0 Å². The number of unbranched alkanes of at least 4 members (excludes halogenated alkanes) is 2. The number of hydrogen-bond acceptors (Lipinski definition) is 10. The summed E-state index contributed by atoms with van der Waals surface area (Å²) in [4.78, 5) is 12.9. The van der Waals surface area contributed by atoms with Crippen molar-refractivity contribution in [2.45, 2.75) is 95.3 Å². The zero-order chi connectivity index (χ0) is 37.1. The summed E-state index contributed by atoms with van der Waals surface area (Å²) in [6.45, 7) is 7.48. The minimum Gasteiger partial charge on any atom is -0.490 e. The van der Waals surface area contributed by atoms with Gasteiger partial charge in [-0.1, -0.05) is 24.3 Å². The molecule has 2 atom stereocenters. The van der Waals surface area contributed by atoms with Crippen LogP contribution in [0.1, 0.15) is 76.6 Å². The standard InChI is InChI=1S/C19H28FN5O.C17H22F3N5O/c1-19(2,7-4-5-8-20)18-13-25(23-22-18)16-10-17(12-21-11-16)26-14-15-6-9-24(15)3;1-24-7-5-14(24)12-26-16-8-15(9-21-10-16)25-11-13(22-23-25)4-2-3-6-17(18,19)20/h10-13,15H,4-9,14H2,1-3H3;8-11,14H,2-7,12H2,1H3. The predicted molar refractivity (Wildman–Crippen MR) is 188 cm³/mol. The molecule has 0 aromatic carbocycles. The third-order valence-electron chi connectivity index (χ3n) is 9.74. The zero-order valence-corrected chi connectivity index (χ0v) is 30.5. The van der Waals surface area contributed by atoms with Crippen molar-refractivity contribution in [1.29, 1.82) is 0 Å². The Balaban J connectivity index is 0.000000201. The number of ether oxygens (including phenoxy) is 2. The molecule has 0 spiro atoms. The average Bonchev–Trinajstić information content (AvgIpc) is 3.81. The maximum Gasteiger partial charge on any atom is 0.389 e. The van der Waals surface area contributed by atoms with Crippen molar-refractivity contribution in [1.82, 2.24) is 49.8 Å². The molecule has 0 amide bonds. The molecule has 16 heteroatoms. The number of nitrogens with zero attached hydrogens (tertiary/aromatic N) is 10. The molecule has 4 aromatic rings. The molecular formula is C36H50F4N10O2. The van der Waals surface area contributed by atoms with Gasteiger partial charge in [0, 0.05) is 36.1 Å². The lowest BCUT2D eigenvalue weighted by atomic mass is 9.84. The van der Waals surface area contributed by atoms with Crippen LogP contribution in [0.4, 0.5) is 17.6 Å². The largest absolute Gasteiger partial charge is 0.490 e. The highest BCUT2D eigenvalue weighted by molar-refractivity contribution is 5.36. The van der Waals surface area contributed by atoms with Crippen LogP contribution in [0.15, 0.2) is 49.3 Å². The SMILES string of the molecule is CN1CCC1COc1cncc(-n2cc(C(C)(C)CCCCF)nn2)c1.CN1CCC1COc1cncc(-n2cc(CCCCC(F)(F)F)nn2)c1. The fourth-order valence-electron chi connectivity index (χ4n) is 5.83. The van der Waals surface area contributed by atoms with Gasteiger partial charge in [0.05, 0.1) is 66.6 Å². The highest BCUT2D eigenvalue weighted by atomic mass is 19.4. The number of halogens is 4. The number of alkyl halides is 4. The molecule has 6 heterocycles. The molecule has 0 N–H and O–H groups in total. The Morgan fingerprint density at radius 1 is 0.731 bits per heavy atom. The molecule has 52 heavy (non-hydrogen) atoms. The second-order valence-corrected chi connectivity index (χ2v) is 14.3. The summed E-state index contributed by atoms with van der Waals surface area (Å²) in [5.74, 6) is 1.40. The Morgan fingerprint density at radius 2 is 1.29 bits per heavy atom. The molecule has 2 unspecified atom stereocenters. The molecule has 6 rings (SSSR count). The van der Waals surface area contributed by atoms with E-state index in [9.17, 15) is 17.6 Å². The van der Waals surface area contributed by atoms with Crippen molar-refractivity contribution in [3.8, 4) is 22.9 Å². The zero-order valence-electron chi connectivity index (χ0n) is 30.5. The molecule has 2 aliphatic rings. The summed E-state index contributed by atoms with van der Waals surface area (Å²) >= 11 is 0. The van der Waals surface area contributed by atoms with Crippen LogP contribution in [-0.2, 0) is 11.8 Å². The first-order chi connectivity index (χ1) is 24.9. The van der Waals surface area contributed by atoms with E-state index in [1.54, 1.807) is 40.3 Å². The van der Waals surface area contributed by atoms with Crippen LogP contribution in [-0.4, -0.2) is 115 Å². The summed E-state index contributed by atoms with van der Waals surface area (Å²) < 4.78 is 63.8. The van der Waals surface area contributed by atoms with E-state index in [2.05, 4.69) is 68.3 Å². The van der Waals surface area contributed by atoms with Gasteiger partial charge >= 0.3 is 6.18 Å². The second kappa shape index (κ2) is 18.0. The highest BCUT2D eigenvalue weighted by Gasteiger charge is 2.27. The first-order valence-electron chi connectivity index (χ1n) is 17.9. The lowest BCUT2D eigenvalue weighted by Crippen LogP contribution is -2.48. The molecule has 0 saturated carbocycles. The molecule has 4 aromatic heterocycles. The highest BCUT2D eigenvalue weighted by Crippen LogP contribution is 2.28. The molecule has 12 nitrogen and oxygen atoms in total. The Morgan fingerprint density at radius 3 is 1.81 bits per heavy atom. The van der Waals surface area contributed by atoms with E-state index in [1.807, 2.05) is 18.3 Å². The van der Waals surface area contributed by atoms with Crippen LogP contribution >= 0.6 is 0 Å². The number of rotatable bonds is 17. The maximum atomic E-state index is 12.3. The quantitative estimate of drug-likeness (QED) is 0.0922. The van der Waals surface area contributed by atoms with Crippen LogP contribution in [0.5, 0.6) is 11.5 Å². The van der Waals surface area contributed by atoms with Gasteiger partial charge in [-0.3, -0.25) is 24.2 Å². The van der Waals surface area contributed by atoms with Gasteiger partial charge in [0.1, 0.15) is 24.7 Å². The van der Waals surface area contributed by atoms with E-state index in [0.29, 0.717) is 61.7 Å². The number of hydrogen-bond donors (Lipinski definition) is 0. The smallest absolute Gasteiger partial charge is 0.389 e. The van der Waals surface area contributed by atoms with Crippen LogP contribution in [0, 0.1) is 0 Å². The van der Waals surface area contributed by atoms with Crippen molar-refractivity contribution in [2.75, 3.05) is 47.1 Å². The van der Waals surface area contributed by atoms with E-state index in [4.69, 9.17) is 9.47 Å². The van der Waals surface area contributed by atoms with Gasteiger partial charge < -0.3 is 9.47 Å². The van der Waals surface area contributed by atoms with E-state index >= 15 is 0 Å². The van der Waals surface area contributed by atoms with E-state index < -0.39 is 12.6 Å². The van der Waals surface area contributed by atoms with Gasteiger partial charge in [0.2, 0.25) is 0 Å². The predicted octanol–water partition coefficient (Wildman–Crippen LogP) is 6.18. The lowest BCUT2D eigenvalue weighted by molar-refractivity contribution is -0.135. The van der Waals surface area contributed by atoms with E-state index in [-0.39, 0.29) is 18.5 Å². The van der Waals surface area contributed by atoms with Crippen molar-refractivity contribution >= 4 is 0 Å². The van der Waals surface area contributed by atoms with E-state index in [1.165, 1.54) is 6.42 Å². The molecule has 2 fully saturated rings. The van der Waals surface area contributed by atoms with Crippen LogP contribution in [0.3, 0.4) is 0 Å². The Bertz CT molecular complexity index is 1680. The van der Waals surface area contributed by atoms with Gasteiger partial charge in [-0.2, -0.15) is 13.2 Å². The van der Waals surface area contributed by atoms with Gasteiger partial charge in [0.15, 0.2) is 0 Å². The summed E-state index contributed by atoms with van der Waals surface area (Å²) in [6.07, 6.45) is 11.2. The summed E-state index contributed by atoms with van der Waals surface area (Å²) in [5, 5.41) is 16.6. The van der Waals surface area contributed by atoms with Crippen LogP contribution in [0.2, 0.25) is 0 Å². The fourth-order valence-corrected chi connectivity index (χ4v) is 5.83. The van der Waals surface area contributed by atoms with Crippen molar-refractivity contribution in [3.63, 3.8) is 0 Å². The lowest BCUT2D eigenvalue weighted by Gasteiger charge is -2.37. The minimum absolute atomic E-state index is 0.0941. The number of pyridine rings is 2. The third kappa shape index (κ3) is 11.4. The number of aromatic nitrogens is 8. The Hall–Kier alpha value is -4.18. The van der Waals surface area contributed by atoms with Gasteiger partial charge in [-0.15, -0.1) is 10.2 Å².